The quantitative estimate of drug-likeness (QED) is 0.456. The van der Waals surface area contributed by atoms with E-state index in [0.29, 0.717) is 26.2 Å². The number of hydrogen-bond donors (Lipinski definition) is 0. The van der Waals surface area contributed by atoms with Crippen molar-refractivity contribution in [1.29, 1.82) is 0 Å². The van der Waals surface area contributed by atoms with Crippen LogP contribution in [0, 0.1) is 5.82 Å². The van der Waals surface area contributed by atoms with Crippen molar-refractivity contribution in [3.8, 4) is 11.1 Å². The lowest BCUT2D eigenvalue weighted by Gasteiger charge is -2.11. The molecule has 0 saturated heterocycles. The Kier molecular flexibility index (Phi) is 4.39. The maximum absolute atomic E-state index is 13.2. The van der Waals surface area contributed by atoms with Crippen LogP contribution in [0.25, 0.3) is 11.1 Å². The highest BCUT2D eigenvalue weighted by atomic mass is 35.5. The van der Waals surface area contributed by atoms with Gasteiger partial charge >= 0.3 is 0 Å². The molecule has 0 aliphatic rings. The molecule has 2 rings (SSSR count). The predicted octanol–water partition coefficient (Wildman–Crippen LogP) is 6.19. The van der Waals surface area contributed by atoms with Gasteiger partial charge in [0, 0.05) is 16.5 Å². The Labute approximate surface area is 124 Å². The minimum Gasteiger partial charge on any atom is -0.207 e. The molecule has 0 aliphatic carbocycles. The maximum Gasteiger partial charge on any atom is 0.123 e. The summed E-state index contributed by atoms with van der Waals surface area (Å²) in [5.74, 6) is -0.174. The van der Waals surface area contributed by atoms with Crippen molar-refractivity contribution in [2.45, 2.75) is 5.88 Å². The minimum atomic E-state index is -0.348. The van der Waals surface area contributed by atoms with Crippen molar-refractivity contribution in [2.24, 2.45) is 0 Å². The fourth-order valence-electron chi connectivity index (χ4n) is 1.69. The average Bonchev–Trinajstić information content (AvgIpc) is 2.34. The second-order valence-corrected chi connectivity index (χ2v) is 5.17. The molecule has 0 nitrogen and oxygen atoms in total. The van der Waals surface area contributed by atoms with Crippen molar-refractivity contribution in [3.63, 3.8) is 0 Å². The van der Waals surface area contributed by atoms with Gasteiger partial charge in [-0.05, 0) is 35.4 Å². The highest BCUT2D eigenvalue weighted by Gasteiger charge is 2.13. The van der Waals surface area contributed by atoms with Crippen LogP contribution in [-0.2, 0) is 5.88 Å². The number of rotatable bonds is 2. The fourth-order valence-corrected chi connectivity index (χ4v) is 2.61. The van der Waals surface area contributed by atoms with Gasteiger partial charge in [0.15, 0.2) is 0 Å². The Balaban J connectivity index is 2.69. The molecule has 0 bridgehead atoms. The monoisotopic (exact) mass is 322 g/mol. The Morgan fingerprint density at radius 2 is 1.67 bits per heavy atom. The molecule has 18 heavy (non-hydrogen) atoms. The van der Waals surface area contributed by atoms with Crippen LogP contribution in [-0.4, -0.2) is 0 Å². The Morgan fingerprint density at radius 3 is 2.33 bits per heavy atom. The lowest BCUT2D eigenvalue weighted by atomic mass is 10.0. The van der Waals surface area contributed by atoms with Crippen molar-refractivity contribution in [1.82, 2.24) is 0 Å². The standard InChI is InChI=1S/C13H7Cl4F/c14-6-7-3-9(18)1-2-10(7)11-4-8(15)5-12(16)13(11)17/h1-5H,6H2. The van der Waals surface area contributed by atoms with Crippen LogP contribution in [0.5, 0.6) is 0 Å². The summed E-state index contributed by atoms with van der Waals surface area (Å²) in [6, 6.07) is 7.56. The van der Waals surface area contributed by atoms with Gasteiger partial charge in [0.25, 0.3) is 0 Å². The molecule has 5 heteroatoms. The molecule has 2 aromatic carbocycles. The van der Waals surface area contributed by atoms with Crippen molar-refractivity contribution >= 4 is 46.4 Å². The molecule has 0 saturated carbocycles. The smallest absolute Gasteiger partial charge is 0.123 e. The van der Waals surface area contributed by atoms with Gasteiger partial charge in [-0.25, -0.2) is 4.39 Å². The molecule has 0 aliphatic heterocycles. The van der Waals surface area contributed by atoms with Gasteiger partial charge in [-0.2, -0.15) is 0 Å². The number of hydrogen-bond acceptors (Lipinski definition) is 0. The maximum atomic E-state index is 13.2. The van der Waals surface area contributed by atoms with Crippen LogP contribution >= 0.6 is 46.4 Å². The Bertz CT molecular complexity index is 596. The fraction of sp³-hybridized carbons (Fsp3) is 0.0769. The number of alkyl halides is 1. The van der Waals surface area contributed by atoms with Gasteiger partial charge in [-0.15, -0.1) is 11.6 Å². The van der Waals surface area contributed by atoms with Crippen LogP contribution in [0.15, 0.2) is 30.3 Å². The van der Waals surface area contributed by atoms with E-state index in [2.05, 4.69) is 0 Å². The van der Waals surface area contributed by atoms with Crippen molar-refractivity contribution in [2.75, 3.05) is 0 Å². The number of halogens is 5. The topological polar surface area (TPSA) is 0 Å². The summed E-state index contributed by atoms with van der Waals surface area (Å²) in [5.41, 5.74) is 2.00. The molecule has 0 N–H and O–H groups in total. The first-order chi connectivity index (χ1) is 8.52. The summed E-state index contributed by atoms with van der Waals surface area (Å²) >= 11 is 23.9. The molecule has 0 fully saturated rings. The van der Waals surface area contributed by atoms with Gasteiger partial charge in [0.05, 0.1) is 10.0 Å². The van der Waals surface area contributed by atoms with E-state index in [1.807, 2.05) is 0 Å². The zero-order chi connectivity index (χ0) is 13.3. The third-order valence-corrected chi connectivity index (χ3v) is 3.80. The molecule has 0 aromatic heterocycles. The summed E-state index contributed by atoms with van der Waals surface area (Å²) < 4.78 is 13.2. The average molecular weight is 324 g/mol. The third-order valence-electron chi connectivity index (χ3n) is 2.49. The molecule has 94 valence electrons. The van der Waals surface area contributed by atoms with Gasteiger partial charge < -0.3 is 0 Å². The van der Waals surface area contributed by atoms with Crippen LogP contribution in [0.4, 0.5) is 4.39 Å². The van der Waals surface area contributed by atoms with Crippen LogP contribution in [0.1, 0.15) is 5.56 Å². The zero-order valence-electron chi connectivity index (χ0n) is 8.98. The van der Waals surface area contributed by atoms with Crippen LogP contribution < -0.4 is 0 Å². The second kappa shape index (κ2) is 5.66. The predicted molar refractivity (Wildman–Crippen MR) is 76.4 cm³/mol. The second-order valence-electron chi connectivity index (χ2n) is 3.68. The molecule has 0 amide bonds. The minimum absolute atomic E-state index is 0.174. The van der Waals surface area contributed by atoms with Crippen LogP contribution in [0.3, 0.4) is 0 Å². The van der Waals surface area contributed by atoms with Crippen molar-refractivity contribution < 1.29 is 4.39 Å². The summed E-state index contributed by atoms with van der Waals surface area (Å²) in [4.78, 5) is 0. The Hall–Kier alpha value is -0.470. The summed E-state index contributed by atoms with van der Waals surface area (Å²) in [7, 11) is 0. The van der Waals surface area contributed by atoms with Crippen LogP contribution in [0.2, 0.25) is 15.1 Å². The van der Waals surface area contributed by atoms with Gasteiger partial charge in [-0.1, -0.05) is 40.9 Å². The first kappa shape index (κ1) is 14.0. The largest absolute Gasteiger partial charge is 0.207 e. The molecule has 0 unspecified atom stereocenters. The van der Waals surface area contributed by atoms with Gasteiger partial charge in [0.1, 0.15) is 5.82 Å². The van der Waals surface area contributed by atoms with E-state index < -0.39 is 0 Å². The molecular weight excluding hydrogens is 317 g/mol. The summed E-state index contributed by atoms with van der Waals surface area (Å²) in [6.45, 7) is 0. The van der Waals surface area contributed by atoms with Gasteiger partial charge in [-0.3, -0.25) is 0 Å². The normalized spacial score (nSPS) is 10.7. The lowest BCUT2D eigenvalue weighted by molar-refractivity contribution is 0.626. The zero-order valence-corrected chi connectivity index (χ0v) is 12.0. The van der Waals surface area contributed by atoms with E-state index in [0.717, 1.165) is 5.56 Å². The molecular formula is C13H7Cl4F. The SMILES string of the molecule is Fc1ccc(-c2cc(Cl)cc(Cl)c2Cl)c(CCl)c1. The first-order valence-corrected chi connectivity index (χ1v) is 6.69. The number of benzene rings is 2. The van der Waals surface area contributed by atoms with Gasteiger partial charge in [0.2, 0.25) is 0 Å². The summed E-state index contributed by atoms with van der Waals surface area (Å²) in [5, 5.41) is 1.19. The van der Waals surface area contributed by atoms with Crippen molar-refractivity contribution in [3.05, 3.63) is 56.8 Å². The van der Waals surface area contributed by atoms with E-state index in [9.17, 15) is 4.39 Å². The third kappa shape index (κ3) is 2.75. The first-order valence-electron chi connectivity index (χ1n) is 5.02. The molecule has 0 atom stereocenters. The highest BCUT2D eigenvalue weighted by Crippen LogP contribution is 2.38. The molecule has 0 radical (unpaired) electrons. The van der Waals surface area contributed by atoms with E-state index in [1.165, 1.54) is 12.1 Å². The van der Waals surface area contributed by atoms with E-state index in [1.54, 1.807) is 18.2 Å². The molecule has 0 spiro atoms. The molecule has 0 heterocycles. The van der Waals surface area contributed by atoms with E-state index in [-0.39, 0.29) is 11.7 Å². The highest BCUT2D eigenvalue weighted by molar-refractivity contribution is 6.45. The van der Waals surface area contributed by atoms with E-state index >= 15 is 0 Å². The Morgan fingerprint density at radius 1 is 0.944 bits per heavy atom. The molecule has 2 aromatic rings. The van der Waals surface area contributed by atoms with E-state index in [4.69, 9.17) is 46.4 Å². The lowest BCUT2D eigenvalue weighted by Crippen LogP contribution is -1.90. The summed E-state index contributed by atoms with van der Waals surface area (Å²) in [6.07, 6.45) is 0.